The highest BCUT2D eigenvalue weighted by atomic mass is 16.5. The SMILES string of the molecule is O=COC1=NN(c2ccccc2)C(=O)/C1=C\C=C\c1cc2c3c(c1)CCCN3CCC2. The summed E-state index contributed by atoms with van der Waals surface area (Å²) in [5.74, 6) is -0.325. The molecule has 31 heavy (non-hydrogen) atoms. The van der Waals surface area contributed by atoms with Crippen LogP contribution in [0.25, 0.3) is 6.08 Å². The van der Waals surface area contributed by atoms with E-state index in [4.69, 9.17) is 4.74 Å². The van der Waals surface area contributed by atoms with Gasteiger partial charge in [-0.05, 0) is 72.7 Å². The number of carbonyl (C=O) groups is 2. The summed E-state index contributed by atoms with van der Waals surface area (Å²) >= 11 is 0. The maximum absolute atomic E-state index is 12.9. The van der Waals surface area contributed by atoms with E-state index in [2.05, 4.69) is 22.1 Å². The van der Waals surface area contributed by atoms with Crippen molar-refractivity contribution in [3.8, 4) is 0 Å². The van der Waals surface area contributed by atoms with E-state index in [0.717, 1.165) is 31.5 Å². The Labute approximate surface area is 181 Å². The standard InChI is InChI=1S/C25H23N3O3/c29-17-31-24-22(25(30)28(26-24)21-10-2-1-3-11-21)12-4-7-18-15-19-8-5-13-27-14-6-9-20(16-18)23(19)27/h1-4,7,10-12,15-17H,5-6,8-9,13-14H2/b7-4+,22-12-. The molecule has 3 heterocycles. The third kappa shape index (κ3) is 3.65. The van der Waals surface area contributed by atoms with Crippen molar-refractivity contribution in [1.82, 2.24) is 0 Å². The lowest BCUT2D eigenvalue weighted by molar-refractivity contribution is -0.121. The minimum absolute atomic E-state index is 0.00433. The molecule has 0 radical (unpaired) electrons. The number of rotatable bonds is 4. The molecule has 0 aliphatic carbocycles. The molecular weight excluding hydrogens is 390 g/mol. The molecule has 0 N–H and O–H groups in total. The van der Waals surface area contributed by atoms with E-state index in [1.807, 2.05) is 30.4 Å². The molecule has 5 rings (SSSR count). The second-order valence-electron chi connectivity index (χ2n) is 7.89. The molecule has 0 saturated heterocycles. The summed E-state index contributed by atoms with van der Waals surface area (Å²) in [6, 6.07) is 13.6. The van der Waals surface area contributed by atoms with Crippen molar-refractivity contribution < 1.29 is 14.3 Å². The molecule has 0 atom stereocenters. The average molecular weight is 413 g/mol. The van der Waals surface area contributed by atoms with Crippen LogP contribution in [0, 0.1) is 0 Å². The first-order valence-corrected chi connectivity index (χ1v) is 10.6. The predicted molar refractivity (Wildman–Crippen MR) is 121 cm³/mol. The summed E-state index contributed by atoms with van der Waals surface area (Å²) in [5, 5.41) is 5.42. The van der Waals surface area contributed by atoms with Crippen LogP contribution in [-0.4, -0.2) is 31.4 Å². The number of hydrogen-bond donors (Lipinski definition) is 0. The Morgan fingerprint density at radius 2 is 1.71 bits per heavy atom. The number of hydrazone groups is 1. The quantitative estimate of drug-likeness (QED) is 0.564. The van der Waals surface area contributed by atoms with Gasteiger partial charge < -0.3 is 9.64 Å². The summed E-state index contributed by atoms with van der Waals surface area (Å²) in [6.07, 6.45) is 10.1. The Balaban J connectivity index is 1.42. The molecule has 2 aromatic rings. The molecule has 0 bridgehead atoms. The van der Waals surface area contributed by atoms with E-state index in [9.17, 15) is 9.59 Å². The normalized spacial score (nSPS) is 19.0. The second-order valence-corrected chi connectivity index (χ2v) is 7.89. The Hall–Kier alpha value is -3.67. The number of ether oxygens (including phenoxy) is 1. The first-order chi connectivity index (χ1) is 15.2. The number of aryl methyl sites for hydroxylation is 2. The number of amides is 1. The van der Waals surface area contributed by atoms with Crippen molar-refractivity contribution in [2.45, 2.75) is 25.7 Å². The van der Waals surface area contributed by atoms with Gasteiger partial charge in [-0.2, -0.15) is 5.01 Å². The zero-order valence-electron chi connectivity index (χ0n) is 17.2. The van der Waals surface area contributed by atoms with E-state index in [1.54, 1.807) is 18.2 Å². The van der Waals surface area contributed by atoms with Crippen molar-refractivity contribution in [2.24, 2.45) is 5.10 Å². The highest BCUT2D eigenvalue weighted by molar-refractivity contribution is 6.28. The van der Waals surface area contributed by atoms with Crippen LogP contribution in [0.5, 0.6) is 0 Å². The van der Waals surface area contributed by atoms with E-state index in [0.29, 0.717) is 5.69 Å². The fourth-order valence-electron chi connectivity index (χ4n) is 4.60. The van der Waals surface area contributed by atoms with Crippen LogP contribution in [0.2, 0.25) is 0 Å². The monoisotopic (exact) mass is 413 g/mol. The lowest BCUT2D eigenvalue weighted by atomic mass is 9.90. The summed E-state index contributed by atoms with van der Waals surface area (Å²) in [6.45, 7) is 2.60. The van der Waals surface area contributed by atoms with Gasteiger partial charge in [-0.15, -0.1) is 5.10 Å². The number of hydrogen-bond acceptors (Lipinski definition) is 5. The Bertz CT molecular complexity index is 1090. The summed E-state index contributed by atoms with van der Waals surface area (Å²) in [7, 11) is 0. The molecule has 2 aromatic carbocycles. The minimum Gasteiger partial charge on any atom is -0.407 e. The highest BCUT2D eigenvalue weighted by Crippen LogP contribution is 2.36. The van der Waals surface area contributed by atoms with Gasteiger partial charge in [0.15, 0.2) is 0 Å². The molecule has 0 fully saturated rings. The first-order valence-electron chi connectivity index (χ1n) is 10.6. The van der Waals surface area contributed by atoms with Crippen molar-refractivity contribution in [1.29, 1.82) is 0 Å². The Morgan fingerprint density at radius 3 is 2.39 bits per heavy atom. The van der Waals surface area contributed by atoms with Gasteiger partial charge in [-0.25, -0.2) is 0 Å². The van der Waals surface area contributed by atoms with E-state index < -0.39 is 0 Å². The van der Waals surface area contributed by atoms with Gasteiger partial charge >= 0.3 is 0 Å². The van der Waals surface area contributed by atoms with Crippen LogP contribution in [0.1, 0.15) is 29.5 Å². The van der Waals surface area contributed by atoms with E-state index in [1.165, 1.54) is 34.7 Å². The molecule has 0 aromatic heterocycles. The zero-order valence-corrected chi connectivity index (χ0v) is 17.2. The fraction of sp³-hybridized carbons (Fsp3) is 0.240. The van der Waals surface area contributed by atoms with Crippen molar-refractivity contribution in [3.05, 3.63) is 76.9 Å². The van der Waals surface area contributed by atoms with Gasteiger partial charge in [0.2, 0.25) is 0 Å². The average Bonchev–Trinajstić information content (AvgIpc) is 3.10. The largest absolute Gasteiger partial charge is 0.407 e. The van der Waals surface area contributed by atoms with Gasteiger partial charge in [0.25, 0.3) is 18.3 Å². The second kappa shape index (κ2) is 8.22. The smallest absolute Gasteiger partial charge is 0.299 e. The summed E-state index contributed by atoms with van der Waals surface area (Å²) in [5.41, 5.74) is 6.24. The lowest BCUT2D eigenvalue weighted by Gasteiger charge is -2.37. The maximum atomic E-state index is 12.9. The third-order valence-electron chi connectivity index (χ3n) is 5.91. The van der Waals surface area contributed by atoms with Gasteiger partial charge in [0.05, 0.1) is 5.69 Å². The van der Waals surface area contributed by atoms with E-state index >= 15 is 0 Å². The molecule has 3 aliphatic rings. The van der Waals surface area contributed by atoms with Gasteiger partial charge in [-0.3, -0.25) is 9.59 Å². The predicted octanol–water partition coefficient (Wildman–Crippen LogP) is 3.86. The van der Waals surface area contributed by atoms with Gasteiger partial charge in [0.1, 0.15) is 5.57 Å². The lowest BCUT2D eigenvalue weighted by Crippen LogP contribution is -2.34. The minimum atomic E-state index is -0.330. The van der Waals surface area contributed by atoms with E-state index in [-0.39, 0.29) is 23.9 Å². The van der Waals surface area contributed by atoms with Crippen LogP contribution < -0.4 is 9.91 Å². The van der Waals surface area contributed by atoms with Crippen molar-refractivity contribution in [2.75, 3.05) is 23.0 Å². The van der Waals surface area contributed by atoms with Crippen LogP contribution in [-0.2, 0) is 27.2 Å². The number of nitrogens with zero attached hydrogens (tertiary/aromatic N) is 3. The Morgan fingerprint density at radius 1 is 1.00 bits per heavy atom. The highest BCUT2D eigenvalue weighted by Gasteiger charge is 2.32. The summed E-state index contributed by atoms with van der Waals surface area (Å²) in [4.78, 5) is 26.3. The van der Waals surface area contributed by atoms with Gasteiger partial charge in [-0.1, -0.05) is 30.4 Å². The van der Waals surface area contributed by atoms with Crippen molar-refractivity contribution >= 4 is 35.7 Å². The molecule has 156 valence electrons. The number of anilines is 2. The molecule has 6 nitrogen and oxygen atoms in total. The molecule has 1 amide bonds. The van der Waals surface area contributed by atoms with Crippen LogP contribution in [0.3, 0.4) is 0 Å². The molecule has 0 saturated carbocycles. The zero-order chi connectivity index (χ0) is 21.2. The van der Waals surface area contributed by atoms with Gasteiger partial charge in [0, 0.05) is 18.8 Å². The topological polar surface area (TPSA) is 62.2 Å². The molecule has 0 spiro atoms. The number of allylic oxidation sites excluding steroid dienone is 2. The fourth-order valence-corrected chi connectivity index (χ4v) is 4.60. The first kappa shape index (κ1) is 19.3. The third-order valence-corrected chi connectivity index (χ3v) is 5.91. The van der Waals surface area contributed by atoms with Crippen LogP contribution >= 0.6 is 0 Å². The summed E-state index contributed by atoms with van der Waals surface area (Å²) < 4.78 is 4.97. The molecule has 3 aliphatic heterocycles. The number of benzene rings is 2. The van der Waals surface area contributed by atoms with Crippen LogP contribution in [0.4, 0.5) is 11.4 Å². The maximum Gasteiger partial charge on any atom is 0.299 e. The molecule has 6 heteroatoms. The molecular formula is C25H23N3O3. The molecule has 0 unspecified atom stereocenters. The number of carbonyl (C=O) groups excluding carboxylic acids is 2. The van der Waals surface area contributed by atoms with Crippen LogP contribution in [0.15, 0.2) is 65.3 Å². The Kier molecular flexibility index (Phi) is 5.12. The number of para-hydroxylation sites is 1. The van der Waals surface area contributed by atoms with Crippen molar-refractivity contribution in [3.63, 3.8) is 0 Å².